The molecular formula is C21H20N4O3. The van der Waals surface area contributed by atoms with Crippen LogP contribution in [0.25, 0.3) is 5.65 Å². The van der Waals surface area contributed by atoms with E-state index in [0.717, 1.165) is 25.9 Å². The van der Waals surface area contributed by atoms with Crippen LogP contribution in [0.5, 0.6) is 0 Å². The van der Waals surface area contributed by atoms with Gasteiger partial charge in [0.2, 0.25) is 0 Å². The van der Waals surface area contributed by atoms with Crippen molar-refractivity contribution in [1.82, 2.24) is 14.3 Å². The third-order valence-corrected chi connectivity index (χ3v) is 5.06. The lowest BCUT2D eigenvalue weighted by Gasteiger charge is -2.18. The fourth-order valence-electron chi connectivity index (χ4n) is 3.47. The van der Waals surface area contributed by atoms with E-state index in [4.69, 9.17) is 0 Å². The summed E-state index contributed by atoms with van der Waals surface area (Å²) in [6.07, 6.45) is 4.88. The predicted octanol–water partition coefficient (Wildman–Crippen LogP) is 2.49. The Balaban J connectivity index is 1.63. The molecule has 1 aromatic carbocycles. The molecule has 1 N–H and O–H groups in total. The van der Waals surface area contributed by atoms with E-state index in [2.05, 4.69) is 10.3 Å². The van der Waals surface area contributed by atoms with Gasteiger partial charge in [-0.05, 0) is 49.6 Å². The number of likely N-dealkylation sites (tertiary alicyclic amines) is 1. The van der Waals surface area contributed by atoms with Crippen LogP contribution in [0.3, 0.4) is 0 Å². The Bertz CT molecular complexity index is 1130. The number of hydrogen-bond acceptors (Lipinski definition) is 4. The predicted molar refractivity (Wildman–Crippen MR) is 106 cm³/mol. The number of carbonyl (C=O) groups is 2. The molecule has 142 valence electrons. The highest BCUT2D eigenvalue weighted by Crippen LogP contribution is 2.22. The molecular weight excluding hydrogens is 356 g/mol. The zero-order valence-electron chi connectivity index (χ0n) is 15.5. The van der Waals surface area contributed by atoms with Crippen LogP contribution >= 0.6 is 0 Å². The van der Waals surface area contributed by atoms with E-state index < -0.39 is 11.5 Å². The van der Waals surface area contributed by atoms with E-state index in [1.807, 2.05) is 4.90 Å². The number of amides is 2. The van der Waals surface area contributed by atoms with Gasteiger partial charge in [-0.1, -0.05) is 12.1 Å². The van der Waals surface area contributed by atoms with Crippen LogP contribution in [0, 0.1) is 6.92 Å². The summed E-state index contributed by atoms with van der Waals surface area (Å²) >= 11 is 0. The maximum absolute atomic E-state index is 12.7. The van der Waals surface area contributed by atoms with E-state index in [1.165, 1.54) is 10.6 Å². The van der Waals surface area contributed by atoms with Gasteiger partial charge in [0.1, 0.15) is 11.2 Å². The van der Waals surface area contributed by atoms with Crippen molar-refractivity contribution in [3.8, 4) is 0 Å². The van der Waals surface area contributed by atoms with Crippen LogP contribution in [-0.2, 0) is 0 Å². The lowest BCUT2D eigenvalue weighted by molar-refractivity contribution is 0.0791. The fraction of sp³-hybridized carbons (Fsp3) is 0.238. The molecule has 1 fully saturated rings. The van der Waals surface area contributed by atoms with Crippen LogP contribution in [0.15, 0.2) is 53.6 Å². The molecule has 2 amide bonds. The number of fused-ring (bicyclic) bond motifs is 1. The first-order chi connectivity index (χ1) is 13.6. The molecule has 4 rings (SSSR count). The molecule has 7 nitrogen and oxygen atoms in total. The average Bonchev–Trinajstić information content (AvgIpc) is 3.24. The Labute approximate surface area is 161 Å². The molecule has 0 bridgehead atoms. The first kappa shape index (κ1) is 17.9. The molecule has 7 heteroatoms. The van der Waals surface area contributed by atoms with E-state index in [-0.39, 0.29) is 11.5 Å². The van der Waals surface area contributed by atoms with Crippen LogP contribution in [0.2, 0.25) is 0 Å². The molecule has 1 aliphatic heterocycles. The normalized spacial score (nSPS) is 13.7. The SMILES string of the molecule is Cc1c(NC(=O)c2cnc3ccccn3c2=O)cccc1C(=O)N1CCCC1. The van der Waals surface area contributed by atoms with Gasteiger partial charge in [-0.15, -0.1) is 0 Å². The molecule has 3 heterocycles. The summed E-state index contributed by atoms with van der Waals surface area (Å²) in [5.41, 5.74) is 1.73. The molecule has 0 spiro atoms. The van der Waals surface area contributed by atoms with E-state index in [9.17, 15) is 14.4 Å². The number of nitrogens with zero attached hydrogens (tertiary/aromatic N) is 3. The summed E-state index contributed by atoms with van der Waals surface area (Å²) in [7, 11) is 0. The molecule has 28 heavy (non-hydrogen) atoms. The lowest BCUT2D eigenvalue weighted by atomic mass is 10.1. The van der Waals surface area contributed by atoms with Crippen molar-refractivity contribution in [2.24, 2.45) is 0 Å². The molecule has 0 radical (unpaired) electrons. The number of anilines is 1. The Morgan fingerprint density at radius 3 is 2.61 bits per heavy atom. The largest absolute Gasteiger partial charge is 0.339 e. The quantitative estimate of drug-likeness (QED) is 0.761. The highest BCUT2D eigenvalue weighted by atomic mass is 16.2. The summed E-state index contributed by atoms with van der Waals surface area (Å²) in [6, 6.07) is 10.4. The minimum absolute atomic E-state index is 0.0291. The van der Waals surface area contributed by atoms with Crippen molar-refractivity contribution in [3.63, 3.8) is 0 Å². The van der Waals surface area contributed by atoms with Gasteiger partial charge >= 0.3 is 0 Å². The Hall–Kier alpha value is -3.48. The number of rotatable bonds is 3. The third-order valence-electron chi connectivity index (χ3n) is 5.06. The average molecular weight is 376 g/mol. The second kappa shape index (κ2) is 7.26. The van der Waals surface area contributed by atoms with Crippen molar-refractivity contribution in [1.29, 1.82) is 0 Å². The second-order valence-corrected chi connectivity index (χ2v) is 6.84. The number of nitrogens with one attached hydrogen (secondary N) is 1. The molecule has 0 aliphatic carbocycles. The molecule has 2 aromatic heterocycles. The van der Waals surface area contributed by atoms with Crippen molar-refractivity contribution < 1.29 is 9.59 Å². The van der Waals surface area contributed by atoms with Gasteiger partial charge in [-0.25, -0.2) is 4.98 Å². The van der Waals surface area contributed by atoms with Crippen LogP contribution in [0.4, 0.5) is 5.69 Å². The summed E-state index contributed by atoms with van der Waals surface area (Å²) < 4.78 is 1.33. The number of aromatic nitrogens is 2. The number of benzene rings is 1. The molecule has 0 unspecified atom stereocenters. The number of pyridine rings is 1. The minimum Gasteiger partial charge on any atom is -0.339 e. The van der Waals surface area contributed by atoms with E-state index in [0.29, 0.717) is 22.5 Å². The van der Waals surface area contributed by atoms with Crippen LogP contribution < -0.4 is 10.9 Å². The van der Waals surface area contributed by atoms with Gasteiger partial charge < -0.3 is 10.2 Å². The fourth-order valence-corrected chi connectivity index (χ4v) is 3.47. The first-order valence-electron chi connectivity index (χ1n) is 9.23. The zero-order chi connectivity index (χ0) is 19.7. The Kier molecular flexibility index (Phi) is 4.65. The topological polar surface area (TPSA) is 83.8 Å². The maximum Gasteiger partial charge on any atom is 0.270 e. The smallest absolute Gasteiger partial charge is 0.270 e. The minimum atomic E-state index is -0.551. The van der Waals surface area contributed by atoms with Gasteiger partial charge in [0, 0.05) is 36.7 Å². The lowest BCUT2D eigenvalue weighted by Crippen LogP contribution is -2.29. The number of carbonyl (C=O) groups excluding carboxylic acids is 2. The van der Waals surface area contributed by atoms with Crippen molar-refractivity contribution in [2.45, 2.75) is 19.8 Å². The Morgan fingerprint density at radius 2 is 1.82 bits per heavy atom. The maximum atomic E-state index is 12.7. The van der Waals surface area contributed by atoms with Gasteiger partial charge in [0.05, 0.1) is 0 Å². The van der Waals surface area contributed by atoms with Gasteiger partial charge in [0.15, 0.2) is 0 Å². The molecule has 0 atom stereocenters. The van der Waals surface area contributed by atoms with Gasteiger partial charge in [0.25, 0.3) is 17.4 Å². The van der Waals surface area contributed by atoms with Crippen molar-refractivity contribution >= 4 is 23.1 Å². The molecule has 0 saturated carbocycles. The summed E-state index contributed by atoms with van der Waals surface area (Å²) in [5, 5.41) is 2.75. The highest BCUT2D eigenvalue weighted by molar-refractivity contribution is 6.05. The standard InChI is InChI=1S/C21H20N4O3/c1-14-15(20(27)24-10-4-5-11-24)7-6-8-17(14)23-19(26)16-13-22-18-9-2-3-12-25(18)21(16)28/h2-3,6-9,12-13H,4-5,10-11H2,1H3,(H,23,26). The zero-order valence-corrected chi connectivity index (χ0v) is 15.5. The molecule has 1 aliphatic rings. The van der Waals surface area contributed by atoms with Crippen LogP contribution in [0.1, 0.15) is 39.1 Å². The third kappa shape index (κ3) is 3.15. The number of hydrogen-bond donors (Lipinski definition) is 1. The van der Waals surface area contributed by atoms with E-state index in [1.54, 1.807) is 49.5 Å². The van der Waals surface area contributed by atoms with Gasteiger partial charge in [-0.2, -0.15) is 0 Å². The summed E-state index contributed by atoms with van der Waals surface area (Å²) in [5.74, 6) is -0.580. The molecule has 1 saturated heterocycles. The van der Waals surface area contributed by atoms with Crippen LogP contribution in [-0.4, -0.2) is 39.2 Å². The van der Waals surface area contributed by atoms with Gasteiger partial charge in [-0.3, -0.25) is 18.8 Å². The highest BCUT2D eigenvalue weighted by Gasteiger charge is 2.22. The molecule has 3 aromatic rings. The van der Waals surface area contributed by atoms with E-state index >= 15 is 0 Å². The second-order valence-electron chi connectivity index (χ2n) is 6.84. The van der Waals surface area contributed by atoms with Crippen molar-refractivity contribution in [3.05, 3.63) is 75.8 Å². The first-order valence-corrected chi connectivity index (χ1v) is 9.23. The summed E-state index contributed by atoms with van der Waals surface area (Å²) in [4.78, 5) is 44.0. The van der Waals surface area contributed by atoms with Crippen molar-refractivity contribution in [2.75, 3.05) is 18.4 Å². The monoisotopic (exact) mass is 376 g/mol. The summed E-state index contributed by atoms with van der Waals surface area (Å²) in [6.45, 7) is 3.31. The Morgan fingerprint density at radius 1 is 1.04 bits per heavy atom.